The van der Waals surface area contributed by atoms with Crippen LogP contribution < -0.4 is 10.2 Å². The number of H-pyrrole nitrogens is 1. The van der Waals surface area contributed by atoms with Crippen molar-refractivity contribution >= 4 is 15.9 Å². The van der Waals surface area contributed by atoms with E-state index >= 15 is 0 Å². The number of halogens is 7. The van der Waals surface area contributed by atoms with Crippen LogP contribution >= 0.6 is 15.9 Å². The van der Waals surface area contributed by atoms with Gasteiger partial charge < -0.3 is 9.72 Å². The van der Waals surface area contributed by atoms with E-state index in [9.17, 15) is 31.1 Å². The quantitative estimate of drug-likeness (QED) is 0.664. The molecule has 0 unspecified atom stereocenters. The summed E-state index contributed by atoms with van der Waals surface area (Å²) in [6.07, 6.45) is -9.81. The van der Waals surface area contributed by atoms with E-state index in [0.29, 0.717) is 0 Å². The third-order valence-electron chi connectivity index (χ3n) is 1.79. The van der Waals surface area contributed by atoms with Gasteiger partial charge in [-0.25, -0.2) is 0 Å². The van der Waals surface area contributed by atoms with Crippen LogP contribution in [0.15, 0.2) is 11.0 Å². The van der Waals surface area contributed by atoms with Crippen molar-refractivity contribution in [2.75, 3.05) is 0 Å². The molecule has 0 aromatic carbocycles. The van der Waals surface area contributed by atoms with Gasteiger partial charge in [-0.05, 0) is 0 Å². The minimum atomic E-state index is -5.16. The van der Waals surface area contributed by atoms with Crippen molar-refractivity contribution in [3.8, 4) is 5.75 Å². The molecule has 0 atom stereocenters. The Balaban J connectivity index is 3.35. The van der Waals surface area contributed by atoms with Crippen LogP contribution in [0.5, 0.6) is 5.75 Å². The van der Waals surface area contributed by atoms with Gasteiger partial charge in [0.15, 0.2) is 5.75 Å². The van der Waals surface area contributed by atoms with Crippen LogP contribution in [-0.4, -0.2) is 11.3 Å². The Kier molecular flexibility index (Phi) is 3.99. The normalized spacial score (nSPS) is 12.6. The summed E-state index contributed by atoms with van der Waals surface area (Å²) in [6.45, 7) is 0. The van der Waals surface area contributed by atoms with Crippen LogP contribution in [0.3, 0.4) is 0 Å². The molecular formula is C8H4BrF6NO2. The van der Waals surface area contributed by atoms with Gasteiger partial charge in [-0.3, -0.25) is 4.79 Å². The van der Waals surface area contributed by atoms with Crippen LogP contribution in [0.2, 0.25) is 0 Å². The third kappa shape index (κ3) is 3.40. The molecule has 0 saturated heterocycles. The van der Waals surface area contributed by atoms with E-state index in [1.165, 1.54) is 0 Å². The molecule has 0 aliphatic heterocycles. The number of hydrogen-bond acceptors (Lipinski definition) is 2. The summed E-state index contributed by atoms with van der Waals surface area (Å²) < 4.78 is 76.3. The Morgan fingerprint density at radius 1 is 1.22 bits per heavy atom. The number of ether oxygens (including phenoxy) is 1. The summed E-state index contributed by atoms with van der Waals surface area (Å²) in [5.74, 6) is -1.25. The fourth-order valence-corrected chi connectivity index (χ4v) is 1.67. The first-order valence-corrected chi connectivity index (χ1v) is 5.32. The first-order chi connectivity index (χ1) is 8.06. The molecule has 0 amide bonds. The molecule has 1 aromatic rings. The molecule has 1 heterocycles. The molecule has 0 radical (unpaired) electrons. The maximum absolute atomic E-state index is 12.4. The molecule has 1 rings (SSSR count). The van der Waals surface area contributed by atoms with Crippen molar-refractivity contribution < 1.29 is 31.1 Å². The number of rotatable bonds is 2. The highest BCUT2D eigenvalue weighted by Gasteiger charge is 2.38. The van der Waals surface area contributed by atoms with Gasteiger partial charge in [-0.2, -0.15) is 13.2 Å². The van der Waals surface area contributed by atoms with E-state index < -0.39 is 40.3 Å². The lowest BCUT2D eigenvalue weighted by molar-refractivity contribution is -0.275. The molecule has 0 saturated carbocycles. The summed E-state index contributed by atoms with van der Waals surface area (Å²) >= 11 is 2.61. The van der Waals surface area contributed by atoms with E-state index in [-0.39, 0.29) is 6.20 Å². The highest BCUT2D eigenvalue weighted by Crippen LogP contribution is 2.31. The van der Waals surface area contributed by atoms with Gasteiger partial charge in [-0.15, -0.1) is 13.2 Å². The van der Waals surface area contributed by atoms with Crippen molar-refractivity contribution in [1.82, 2.24) is 4.98 Å². The lowest BCUT2D eigenvalue weighted by Gasteiger charge is -2.13. The zero-order valence-corrected chi connectivity index (χ0v) is 9.83. The second-order valence-electron chi connectivity index (χ2n) is 3.01. The SMILES string of the molecule is O=c1c(OC(F)(F)F)c[nH]c(C(F)(F)F)c1CBr. The summed E-state index contributed by atoms with van der Waals surface area (Å²) in [6, 6.07) is 0. The van der Waals surface area contributed by atoms with Gasteiger partial charge in [0, 0.05) is 17.1 Å². The van der Waals surface area contributed by atoms with Gasteiger partial charge in [0.1, 0.15) is 5.69 Å². The van der Waals surface area contributed by atoms with Crippen molar-refractivity contribution in [3.05, 3.63) is 27.7 Å². The average Bonchev–Trinajstić information content (AvgIpc) is 2.17. The predicted octanol–water partition coefficient (Wildman–Crippen LogP) is 3.19. The van der Waals surface area contributed by atoms with Crippen LogP contribution in [0.4, 0.5) is 26.3 Å². The summed E-state index contributed by atoms with van der Waals surface area (Å²) in [5, 5.41) is -0.563. The minimum Gasteiger partial charge on any atom is -0.400 e. The zero-order valence-electron chi connectivity index (χ0n) is 8.25. The van der Waals surface area contributed by atoms with Gasteiger partial charge in [0.2, 0.25) is 5.43 Å². The molecule has 1 aromatic heterocycles. The number of aromatic amines is 1. The Labute approximate surface area is 104 Å². The molecule has 0 spiro atoms. The van der Waals surface area contributed by atoms with Crippen LogP contribution in [-0.2, 0) is 11.5 Å². The summed E-state index contributed by atoms with van der Waals surface area (Å²) in [4.78, 5) is 13.0. The second kappa shape index (κ2) is 4.82. The van der Waals surface area contributed by atoms with Crippen molar-refractivity contribution in [1.29, 1.82) is 0 Å². The predicted molar refractivity (Wildman–Crippen MR) is 51.4 cm³/mol. The molecule has 10 heteroatoms. The monoisotopic (exact) mass is 339 g/mol. The Bertz CT molecular complexity index is 492. The molecular weight excluding hydrogens is 336 g/mol. The maximum Gasteiger partial charge on any atom is 0.573 e. The highest BCUT2D eigenvalue weighted by molar-refractivity contribution is 9.08. The van der Waals surface area contributed by atoms with E-state index in [1.54, 1.807) is 4.98 Å². The van der Waals surface area contributed by atoms with Gasteiger partial charge >= 0.3 is 12.5 Å². The molecule has 0 bridgehead atoms. The molecule has 1 N–H and O–H groups in total. The Morgan fingerprint density at radius 3 is 2.17 bits per heavy atom. The van der Waals surface area contributed by atoms with Gasteiger partial charge in [0.25, 0.3) is 0 Å². The smallest absolute Gasteiger partial charge is 0.400 e. The Hall–Kier alpha value is -1.19. The lowest BCUT2D eigenvalue weighted by atomic mass is 10.2. The topological polar surface area (TPSA) is 42.1 Å². The van der Waals surface area contributed by atoms with Crippen LogP contribution in [0, 0.1) is 0 Å². The first kappa shape index (κ1) is 14.9. The lowest BCUT2D eigenvalue weighted by Crippen LogP contribution is -2.26. The molecule has 102 valence electrons. The minimum absolute atomic E-state index is 0.227. The zero-order chi connectivity index (χ0) is 14.1. The molecule has 18 heavy (non-hydrogen) atoms. The maximum atomic E-state index is 12.4. The number of nitrogens with one attached hydrogen (secondary N) is 1. The third-order valence-corrected chi connectivity index (χ3v) is 2.35. The van der Waals surface area contributed by atoms with E-state index in [2.05, 4.69) is 20.7 Å². The Morgan fingerprint density at radius 2 is 1.78 bits per heavy atom. The standard InChI is InChI=1S/C8H4BrF6NO2/c9-1-3-5(17)4(18-8(13,14)15)2-16-6(3)7(10,11)12/h2H,1H2,(H,16,17). The molecule has 0 fully saturated rings. The number of pyridine rings is 1. The van der Waals surface area contributed by atoms with Crippen LogP contribution in [0.25, 0.3) is 0 Å². The van der Waals surface area contributed by atoms with Crippen molar-refractivity contribution in [2.45, 2.75) is 17.9 Å². The van der Waals surface area contributed by atoms with Crippen LogP contribution in [0.1, 0.15) is 11.3 Å². The number of aromatic nitrogens is 1. The van der Waals surface area contributed by atoms with Crippen molar-refractivity contribution in [3.63, 3.8) is 0 Å². The summed E-state index contributed by atoms with van der Waals surface area (Å²) in [5.41, 5.74) is -3.78. The summed E-state index contributed by atoms with van der Waals surface area (Å²) in [7, 11) is 0. The molecule has 0 aliphatic rings. The fraction of sp³-hybridized carbons (Fsp3) is 0.375. The largest absolute Gasteiger partial charge is 0.573 e. The average molecular weight is 340 g/mol. The first-order valence-electron chi connectivity index (χ1n) is 4.19. The van der Waals surface area contributed by atoms with Gasteiger partial charge in [-0.1, -0.05) is 15.9 Å². The van der Waals surface area contributed by atoms with E-state index in [1.807, 2.05) is 0 Å². The van der Waals surface area contributed by atoms with Gasteiger partial charge in [0.05, 0.1) is 0 Å². The number of hydrogen-bond donors (Lipinski definition) is 1. The molecule has 0 aliphatic carbocycles. The van der Waals surface area contributed by atoms with Crippen molar-refractivity contribution in [2.24, 2.45) is 0 Å². The van der Waals surface area contributed by atoms with E-state index in [0.717, 1.165) is 0 Å². The van der Waals surface area contributed by atoms with E-state index in [4.69, 9.17) is 0 Å². The highest BCUT2D eigenvalue weighted by atomic mass is 79.9. The second-order valence-corrected chi connectivity index (χ2v) is 3.58. The fourth-order valence-electron chi connectivity index (χ4n) is 1.13. The number of alkyl halides is 7. The molecule has 3 nitrogen and oxygen atoms in total.